The smallest absolute Gasteiger partial charge is 0.337 e. The number of aryl methyl sites for hydroxylation is 1. The molecule has 2 aromatic rings. The highest BCUT2D eigenvalue weighted by Gasteiger charge is 2.06. The maximum atomic E-state index is 11.9. The number of esters is 1. The molecule has 0 radical (unpaired) electrons. The Labute approximate surface area is 135 Å². The van der Waals surface area contributed by atoms with Gasteiger partial charge in [0.2, 0.25) is 5.91 Å². The van der Waals surface area contributed by atoms with Crippen LogP contribution in [-0.4, -0.2) is 25.5 Å². The molecule has 0 aromatic heterocycles. The topological polar surface area (TPSA) is 67.4 Å². The standard InChI is InChI=1S/C18H20N2O3/c1-13-6-8-15(9-7-13)20-17(21)10-11-19-16-5-3-4-14(12-16)18(22)23-2/h3-9,12,19H,10-11H2,1-2H3,(H,20,21). The number of hydrogen-bond donors (Lipinski definition) is 2. The van der Waals surface area contributed by atoms with Crippen LogP contribution in [0.15, 0.2) is 48.5 Å². The number of carbonyl (C=O) groups excluding carboxylic acids is 2. The molecule has 1 amide bonds. The summed E-state index contributed by atoms with van der Waals surface area (Å²) in [7, 11) is 1.35. The molecule has 0 unspecified atom stereocenters. The predicted molar refractivity (Wildman–Crippen MR) is 90.7 cm³/mol. The van der Waals surface area contributed by atoms with Gasteiger partial charge in [-0.1, -0.05) is 23.8 Å². The van der Waals surface area contributed by atoms with Crippen molar-refractivity contribution in [1.29, 1.82) is 0 Å². The van der Waals surface area contributed by atoms with Gasteiger partial charge in [0.25, 0.3) is 0 Å². The molecule has 5 heteroatoms. The molecule has 0 aliphatic heterocycles. The summed E-state index contributed by atoms with van der Waals surface area (Å²) in [6.45, 7) is 2.47. The van der Waals surface area contributed by atoms with Gasteiger partial charge in [-0.15, -0.1) is 0 Å². The van der Waals surface area contributed by atoms with Crippen LogP contribution in [0.5, 0.6) is 0 Å². The summed E-state index contributed by atoms with van der Waals surface area (Å²) in [6.07, 6.45) is 0.330. The van der Waals surface area contributed by atoms with E-state index in [1.54, 1.807) is 18.2 Å². The minimum absolute atomic E-state index is 0.0644. The molecule has 0 aliphatic carbocycles. The van der Waals surface area contributed by atoms with Crippen LogP contribution in [0.1, 0.15) is 22.3 Å². The molecule has 5 nitrogen and oxygen atoms in total. The van der Waals surface area contributed by atoms with E-state index in [9.17, 15) is 9.59 Å². The fourth-order valence-electron chi connectivity index (χ4n) is 2.05. The summed E-state index contributed by atoms with van der Waals surface area (Å²) in [6, 6.07) is 14.6. The maximum absolute atomic E-state index is 11.9. The molecule has 2 rings (SSSR count). The second kappa shape index (κ2) is 7.98. The van der Waals surface area contributed by atoms with E-state index in [-0.39, 0.29) is 11.9 Å². The van der Waals surface area contributed by atoms with Crippen LogP contribution in [-0.2, 0) is 9.53 Å². The fraction of sp³-hybridized carbons (Fsp3) is 0.222. The van der Waals surface area contributed by atoms with Gasteiger partial charge in [0, 0.05) is 24.3 Å². The van der Waals surface area contributed by atoms with Crippen LogP contribution in [0.4, 0.5) is 11.4 Å². The minimum Gasteiger partial charge on any atom is -0.465 e. The number of methoxy groups -OCH3 is 1. The highest BCUT2D eigenvalue weighted by Crippen LogP contribution is 2.12. The van der Waals surface area contributed by atoms with Crippen molar-refractivity contribution in [3.8, 4) is 0 Å². The molecule has 0 aliphatic rings. The van der Waals surface area contributed by atoms with Crippen LogP contribution in [0, 0.1) is 6.92 Å². The Morgan fingerprint density at radius 3 is 2.48 bits per heavy atom. The van der Waals surface area contributed by atoms with Crippen molar-refractivity contribution in [2.45, 2.75) is 13.3 Å². The summed E-state index contributed by atoms with van der Waals surface area (Å²) >= 11 is 0. The number of rotatable bonds is 6. The quantitative estimate of drug-likeness (QED) is 0.804. The Kier molecular flexibility index (Phi) is 5.74. The van der Waals surface area contributed by atoms with Crippen LogP contribution >= 0.6 is 0 Å². The highest BCUT2D eigenvalue weighted by atomic mass is 16.5. The van der Waals surface area contributed by atoms with Gasteiger partial charge in [0.05, 0.1) is 12.7 Å². The first-order valence-corrected chi connectivity index (χ1v) is 7.37. The van der Waals surface area contributed by atoms with Crippen molar-refractivity contribution in [2.75, 3.05) is 24.3 Å². The molecular weight excluding hydrogens is 292 g/mol. The zero-order valence-electron chi connectivity index (χ0n) is 13.3. The Hall–Kier alpha value is -2.82. The van der Waals surface area contributed by atoms with Crippen molar-refractivity contribution in [3.63, 3.8) is 0 Å². The molecule has 0 atom stereocenters. The number of benzene rings is 2. The lowest BCUT2D eigenvalue weighted by Gasteiger charge is -2.09. The summed E-state index contributed by atoms with van der Waals surface area (Å²) in [5.41, 5.74) is 3.18. The zero-order chi connectivity index (χ0) is 16.7. The van der Waals surface area contributed by atoms with Crippen molar-refractivity contribution >= 4 is 23.3 Å². The third kappa shape index (κ3) is 5.14. The van der Waals surface area contributed by atoms with Gasteiger partial charge >= 0.3 is 5.97 Å². The molecule has 0 heterocycles. The minimum atomic E-state index is -0.384. The Morgan fingerprint density at radius 2 is 1.78 bits per heavy atom. The van der Waals surface area contributed by atoms with Gasteiger partial charge < -0.3 is 15.4 Å². The lowest BCUT2D eigenvalue weighted by Crippen LogP contribution is -2.16. The largest absolute Gasteiger partial charge is 0.465 e. The number of nitrogens with one attached hydrogen (secondary N) is 2. The molecule has 2 N–H and O–H groups in total. The van der Waals surface area contributed by atoms with E-state index in [1.165, 1.54) is 7.11 Å². The van der Waals surface area contributed by atoms with Gasteiger partial charge in [-0.05, 0) is 37.3 Å². The normalized spacial score (nSPS) is 10.0. The Balaban J connectivity index is 1.81. The second-order valence-corrected chi connectivity index (χ2v) is 5.16. The van der Waals surface area contributed by atoms with Gasteiger partial charge in [-0.2, -0.15) is 0 Å². The first kappa shape index (κ1) is 16.5. The highest BCUT2D eigenvalue weighted by molar-refractivity contribution is 5.91. The van der Waals surface area contributed by atoms with E-state index in [1.807, 2.05) is 37.3 Å². The third-order valence-electron chi connectivity index (χ3n) is 3.30. The molecule has 0 saturated heterocycles. The number of ether oxygens (including phenoxy) is 1. The van der Waals surface area contributed by atoms with Gasteiger partial charge in [-0.3, -0.25) is 4.79 Å². The third-order valence-corrected chi connectivity index (χ3v) is 3.30. The molecule has 23 heavy (non-hydrogen) atoms. The fourth-order valence-corrected chi connectivity index (χ4v) is 2.05. The second-order valence-electron chi connectivity index (χ2n) is 5.16. The number of amides is 1. The van der Waals surface area contributed by atoms with E-state index < -0.39 is 0 Å². The average Bonchev–Trinajstić information content (AvgIpc) is 2.56. The molecule has 0 saturated carbocycles. The lowest BCUT2D eigenvalue weighted by molar-refractivity contribution is -0.115. The molecule has 120 valence electrons. The molecular formula is C18H20N2O3. The lowest BCUT2D eigenvalue weighted by atomic mass is 10.2. The van der Waals surface area contributed by atoms with Gasteiger partial charge in [-0.25, -0.2) is 4.79 Å². The van der Waals surface area contributed by atoms with Crippen LogP contribution < -0.4 is 10.6 Å². The van der Waals surface area contributed by atoms with Crippen molar-refractivity contribution < 1.29 is 14.3 Å². The van der Waals surface area contributed by atoms with Crippen molar-refractivity contribution in [3.05, 3.63) is 59.7 Å². The molecule has 0 bridgehead atoms. The Bertz CT molecular complexity index is 681. The first-order valence-electron chi connectivity index (χ1n) is 7.37. The maximum Gasteiger partial charge on any atom is 0.337 e. The summed E-state index contributed by atoms with van der Waals surface area (Å²) < 4.78 is 4.68. The molecule has 2 aromatic carbocycles. The molecule has 0 spiro atoms. The average molecular weight is 312 g/mol. The van der Waals surface area contributed by atoms with E-state index >= 15 is 0 Å². The zero-order valence-corrected chi connectivity index (χ0v) is 13.3. The van der Waals surface area contributed by atoms with Crippen LogP contribution in [0.25, 0.3) is 0 Å². The Morgan fingerprint density at radius 1 is 1.04 bits per heavy atom. The summed E-state index contributed by atoms with van der Waals surface area (Å²) in [4.78, 5) is 23.3. The van der Waals surface area contributed by atoms with Crippen LogP contribution in [0.3, 0.4) is 0 Å². The monoisotopic (exact) mass is 312 g/mol. The van der Waals surface area contributed by atoms with Gasteiger partial charge in [0.15, 0.2) is 0 Å². The van der Waals surface area contributed by atoms with E-state index in [4.69, 9.17) is 0 Å². The van der Waals surface area contributed by atoms with Crippen molar-refractivity contribution in [2.24, 2.45) is 0 Å². The summed E-state index contributed by atoms with van der Waals surface area (Å²) in [5.74, 6) is -0.448. The molecule has 0 fully saturated rings. The van der Waals surface area contributed by atoms with E-state index in [0.717, 1.165) is 16.9 Å². The van der Waals surface area contributed by atoms with Crippen LogP contribution in [0.2, 0.25) is 0 Å². The van der Waals surface area contributed by atoms with Crippen molar-refractivity contribution in [1.82, 2.24) is 0 Å². The predicted octanol–water partition coefficient (Wildman–Crippen LogP) is 3.22. The summed E-state index contributed by atoms with van der Waals surface area (Å²) in [5, 5.41) is 5.96. The van der Waals surface area contributed by atoms with Gasteiger partial charge in [0.1, 0.15) is 0 Å². The number of anilines is 2. The van der Waals surface area contributed by atoms with E-state index in [2.05, 4.69) is 15.4 Å². The first-order chi connectivity index (χ1) is 11.1. The number of carbonyl (C=O) groups is 2. The number of hydrogen-bond acceptors (Lipinski definition) is 4. The SMILES string of the molecule is COC(=O)c1cccc(NCCC(=O)Nc2ccc(C)cc2)c1. The van der Waals surface area contributed by atoms with E-state index in [0.29, 0.717) is 18.5 Å².